The summed E-state index contributed by atoms with van der Waals surface area (Å²) in [6.45, 7) is 0. The zero-order valence-corrected chi connectivity index (χ0v) is 13.6. The molecule has 1 aliphatic heterocycles. The Morgan fingerprint density at radius 1 is 0.833 bits per heavy atom. The second-order valence-electron chi connectivity index (χ2n) is 5.65. The molecule has 4 rings (SSSR count). The molecular weight excluding hydrogens is 320 g/mol. The molecule has 1 heterocycles. The number of nitrogens with one attached hydrogen (secondary N) is 1. The van der Waals surface area contributed by atoms with Crippen LogP contribution < -0.4 is 10.2 Å². The van der Waals surface area contributed by atoms with E-state index < -0.39 is 0 Å². The third kappa shape index (κ3) is 2.53. The Hall–Kier alpha value is -2.78. The summed E-state index contributed by atoms with van der Waals surface area (Å²) in [5.74, 6) is -0.0126. The van der Waals surface area contributed by atoms with Crippen LogP contribution in [-0.4, -0.2) is 5.91 Å². The highest BCUT2D eigenvalue weighted by molar-refractivity contribution is 6.30. The largest absolute Gasteiger partial charge is 0.361 e. The first-order valence-electron chi connectivity index (χ1n) is 7.74. The van der Waals surface area contributed by atoms with Crippen molar-refractivity contribution >= 4 is 28.9 Å². The number of carbonyl (C=O) groups excluding carboxylic acids is 1. The number of para-hydroxylation sites is 1. The van der Waals surface area contributed by atoms with Crippen molar-refractivity contribution in [2.75, 3.05) is 10.2 Å². The zero-order chi connectivity index (χ0) is 16.5. The molecule has 0 bridgehead atoms. The Bertz CT molecular complexity index is 878. The Kier molecular flexibility index (Phi) is 3.71. The summed E-state index contributed by atoms with van der Waals surface area (Å²) in [5.41, 5.74) is 3.47. The third-order valence-corrected chi connectivity index (χ3v) is 4.40. The maximum atomic E-state index is 12.9. The number of nitrogens with zero attached hydrogens (tertiary/aromatic N) is 1. The molecule has 0 saturated heterocycles. The maximum absolute atomic E-state index is 12.9. The van der Waals surface area contributed by atoms with Crippen LogP contribution in [0.3, 0.4) is 0 Å². The van der Waals surface area contributed by atoms with Gasteiger partial charge in [-0.25, -0.2) is 0 Å². The predicted molar refractivity (Wildman–Crippen MR) is 97.5 cm³/mol. The lowest BCUT2D eigenvalue weighted by molar-refractivity contribution is 0.0993. The number of hydrogen-bond acceptors (Lipinski definition) is 2. The first kappa shape index (κ1) is 14.8. The van der Waals surface area contributed by atoms with Crippen LogP contribution in [0.4, 0.5) is 11.4 Å². The van der Waals surface area contributed by atoms with E-state index in [1.54, 1.807) is 17.0 Å². The van der Waals surface area contributed by atoms with Gasteiger partial charge in [0.2, 0.25) is 0 Å². The van der Waals surface area contributed by atoms with Crippen molar-refractivity contribution in [1.82, 2.24) is 0 Å². The Morgan fingerprint density at radius 2 is 1.50 bits per heavy atom. The first-order valence-corrected chi connectivity index (χ1v) is 8.11. The van der Waals surface area contributed by atoms with Crippen LogP contribution in [-0.2, 0) is 0 Å². The highest BCUT2D eigenvalue weighted by atomic mass is 35.5. The van der Waals surface area contributed by atoms with Crippen molar-refractivity contribution < 1.29 is 4.79 Å². The molecule has 3 nitrogen and oxygen atoms in total. The number of hydrogen-bond donors (Lipinski definition) is 1. The maximum Gasteiger partial charge on any atom is 0.260 e. The van der Waals surface area contributed by atoms with Crippen LogP contribution in [0.25, 0.3) is 0 Å². The molecular formula is C20H15ClN2O. The summed E-state index contributed by atoms with van der Waals surface area (Å²) in [6.07, 6.45) is -0.253. The van der Waals surface area contributed by atoms with E-state index in [1.807, 2.05) is 66.7 Å². The average Bonchev–Trinajstić information content (AvgIpc) is 2.89. The van der Waals surface area contributed by atoms with E-state index in [2.05, 4.69) is 5.32 Å². The zero-order valence-electron chi connectivity index (χ0n) is 12.8. The fourth-order valence-corrected chi connectivity index (χ4v) is 3.14. The SMILES string of the molecule is O=C1c2ccccc2C(Nc2ccccc2)N1c1ccc(Cl)cc1. The van der Waals surface area contributed by atoms with Crippen molar-refractivity contribution in [2.24, 2.45) is 0 Å². The minimum absolute atomic E-state index is 0.0126. The summed E-state index contributed by atoms with van der Waals surface area (Å²) in [5, 5.41) is 4.11. The minimum atomic E-state index is -0.253. The molecule has 24 heavy (non-hydrogen) atoms. The Balaban J connectivity index is 1.79. The second-order valence-corrected chi connectivity index (χ2v) is 6.09. The summed E-state index contributed by atoms with van der Waals surface area (Å²) in [6, 6.07) is 24.9. The van der Waals surface area contributed by atoms with E-state index in [4.69, 9.17) is 11.6 Å². The van der Waals surface area contributed by atoms with Crippen molar-refractivity contribution in [3.63, 3.8) is 0 Å². The van der Waals surface area contributed by atoms with Gasteiger partial charge in [-0.2, -0.15) is 0 Å². The van der Waals surface area contributed by atoms with Gasteiger partial charge in [0.05, 0.1) is 0 Å². The van der Waals surface area contributed by atoms with E-state index in [0.29, 0.717) is 5.02 Å². The standard InChI is InChI=1S/C20H15ClN2O/c21-14-10-12-16(13-11-14)23-19(22-15-6-2-1-3-7-15)17-8-4-5-9-18(17)20(23)24/h1-13,19,22H. The van der Waals surface area contributed by atoms with Crippen LogP contribution in [0, 0.1) is 0 Å². The van der Waals surface area contributed by atoms with Crippen LogP contribution in [0.15, 0.2) is 78.9 Å². The molecule has 0 saturated carbocycles. The molecule has 1 N–H and O–H groups in total. The Labute approximate surface area is 145 Å². The van der Waals surface area contributed by atoms with Gasteiger partial charge in [0.15, 0.2) is 0 Å². The minimum Gasteiger partial charge on any atom is -0.361 e. The summed E-state index contributed by atoms with van der Waals surface area (Å²) >= 11 is 5.99. The second kappa shape index (κ2) is 6.02. The monoisotopic (exact) mass is 334 g/mol. The Morgan fingerprint density at radius 3 is 2.25 bits per heavy atom. The molecule has 0 spiro atoms. The van der Waals surface area contributed by atoms with Crippen LogP contribution in [0.1, 0.15) is 22.1 Å². The topological polar surface area (TPSA) is 32.3 Å². The van der Waals surface area contributed by atoms with Gasteiger partial charge in [-0.05, 0) is 42.5 Å². The van der Waals surface area contributed by atoms with E-state index >= 15 is 0 Å². The fourth-order valence-electron chi connectivity index (χ4n) is 3.02. The smallest absolute Gasteiger partial charge is 0.260 e. The predicted octanol–water partition coefficient (Wildman–Crippen LogP) is 5.11. The summed E-state index contributed by atoms with van der Waals surface area (Å²) in [7, 11) is 0. The fraction of sp³-hybridized carbons (Fsp3) is 0.0500. The molecule has 3 aromatic carbocycles. The lowest BCUT2D eigenvalue weighted by atomic mass is 10.1. The van der Waals surface area contributed by atoms with Crippen molar-refractivity contribution in [2.45, 2.75) is 6.17 Å². The van der Waals surface area contributed by atoms with Gasteiger partial charge in [-0.1, -0.05) is 48.0 Å². The number of halogens is 1. The molecule has 0 aromatic heterocycles. The van der Waals surface area contributed by atoms with E-state index in [1.165, 1.54) is 0 Å². The van der Waals surface area contributed by atoms with Gasteiger partial charge in [0.25, 0.3) is 5.91 Å². The summed E-state index contributed by atoms with van der Waals surface area (Å²) < 4.78 is 0. The number of anilines is 2. The van der Waals surface area contributed by atoms with Gasteiger partial charge < -0.3 is 5.32 Å². The van der Waals surface area contributed by atoms with Crippen LogP contribution in [0.5, 0.6) is 0 Å². The van der Waals surface area contributed by atoms with Gasteiger partial charge in [-0.15, -0.1) is 0 Å². The molecule has 1 amide bonds. The summed E-state index contributed by atoms with van der Waals surface area (Å²) in [4.78, 5) is 14.7. The lowest BCUT2D eigenvalue weighted by Crippen LogP contribution is -2.32. The lowest BCUT2D eigenvalue weighted by Gasteiger charge is -2.27. The first-order chi connectivity index (χ1) is 11.7. The number of benzene rings is 3. The van der Waals surface area contributed by atoms with Gasteiger partial charge in [-0.3, -0.25) is 9.69 Å². The normalized spacial score (nSPS) is 16.1. The van der Waals surface area contributed by atoms with Gasteiger partial charge >= 0.3 is 0 Å². The highest BCUT2D eigenvalue weighted by Gasteiger charge is 2.37. The van der Waals surface area contributed by atoms with E-state index in [9.17, 15) is 4.79 Å². The van der Waals surface area contributed by atoms with Crippen molar-refractivity contribution in [3.8, 4) is 0 Å². The van der Waals surface area contributed by atoms with E-state index in [0.717, 1.165) is 22.5 Å². The molecule has 118 valence electrons. The third-order valence-electron chi connectivity index (χ3n) is 4.14. The molecule has 1 unspecified atom stereocenters. The van der Waals surface area contributed by atoms with Gasteiger partial charge in [0.1, 0.15) is 6.17 Å². The molecule has 1 aliphatic rings. The van der Waals surface area contributed by atoms with Crippen molar-refractivity contribution in [1.29, 1.82) is 0 Å². The molecule has 0 fully saturated rings. The molecule has 0 radical (unpaired) electrons. The van der Waals surface area contributed by atoms with Crippen LogP contribution in [0.2, 0.25) is 5.02 Å². The molecule has 0 aliphatic carbocycles. The molecule has 3 aromatic rings. The van der Waals surface area contributed by atoms with E-state index in [-0.39, 0.29) is 12.1 Å². The molecule has 4 heteroatoms. The number of amides is 1. The number of rotatable bonds is 3. The quantitative estimate of drug-likeness (QED) is 0.721. The van der Waals surface area contributed by atoms with Gasteiger partial charge in [0, 0.05) is 27.5 Å². The average molecular weight is 335 g/mol. The number of fused-ring (bicyclic) bond motifs is 1. The van der Waals surface area contributed by atoms with Crippen LogP contribution >= 0.6 is 11.6 Å². The molecule has 1 atom stereocenters. The number of carbonyl (C=O) groups is 1. The highest BCUT2D eigenvalue weighted by Crippen LogP contribution is 2.38. The van der Waals surface area contributed by atoms with Crippen molar-refractivity contribution in [3.05, 3.63) is 95.0 Å².